The van der Waals surface area contributed by atoms with Gasteiger partial charge in [0, 0.05) is 42.3 Å². The van der Waals surface area contributed by atoms with Crippen molar-refractivity contribution in [1.82, 2.24) is 15.0 Å². The number of nitrogens with zero attached hydrogens (tertiary/aromatic N) is 3. The lowest BCUT2D eigenvalue weighted by Crippen LogP contribution is -2.45. The molecular formula is C27H24ClN3O4S2. The van der Waals surface area contributed by atoms with Crippen molar-refractivity contribution >= 4 is 45.9 Å². The molecule has 1 amide bonds. The van der Waals surface area contributed by atoms with E-state index in [0.29, 0.717) is 43.1 Å². The van der Waals surface area contributed by atoms with E-state index in [0.717, 1.165) is 39.1 Å². The fraction of sp³-hybridized carbons (Fsp3) is 0.222. The smallest absolute Gasteiger partial charge is 0.345 e. The molecule has 0 radical (unpaired) electrons. The van der Waals surface area contributed by atoms with Crippen LogP contribution in [0.4, 0.5) is 4.79 Å². The molecular weight excluding hydrogens is 530 g/mol. The molecule has 3 aromatic rings. The molecule has 0 saturated heterocycles. The Morgan fingerprint density at radius 1 is 1.14 bits per heavy atom. The summed E-state index contributed by atoms with van der Waals surface area (Å²) in [6, 6.07) is 14.8. The minimum absolute atomic E-state index is 0.137. The van der Waals surface area contributed by atoms with Crippen molar-refractivity contribution in [3.05, 3.63) is 97.9 Å². The molecule has 1 unspecified atom stereocenters. The van der Waals surface area contributed by atoms with E-state index in [2.05, 4.69) is 16.8 Å². The standard InChI is InChI=1S/C27H24ClN3O4S2/c28-23-18-25(26(33)34)37-24(23)10-13-31-27(35)36-15-14-30(31)12-9-22(32)17-20-5-3-4-19(16-20)7-8-21-6-1-2-11-29-21/h1-6,11,14-16,18,22,32H,9-10,12-13,17H2,(H,33,34). The second-order valence-corrected chi connectivity index (χ2v) is 10.6. The summed E-state index contributed by atoms with van der Waals surface area (Å²) in [7, 11) is 0. The van der Waals surface area contributed by atoms with E-state index in [9.17, 15) is 19.8 Å². The number of carboxylic acids is 1. The molecule has 1 aliphatic rings. The molecule has 2 aromatic heterocycles. The van der Waals surface area contributed by atoms with E-state index in [1.54, 1.807) is 21.6 Å². The van der Waals surface area contributed by atoms with Crippen molar-refractivity contribution in [2.75, 3.05) is 13.1 Å². The average molecular weight is 554 g/mol. The lowest BCUT2D eigenvalue weighted by molar-refractivity contribution is 0.0548. The van der Waals surface area contributed by atoms with Crippen LogP contribution >= 0.6 is 34.7 Å². The Kier molecular flexibility index (Phi) is 9.25. The van der Waals surface area contributed by atoms with Gasteiger partial charge in [-0.05, 0) is 71.8 Å². The van der Waals surface area contributed by atoms with Gasteiger partial charge in [-0.3, -0.25) is 9.80 Å². The Bertz CT molecular complexity index is 1350. The van der Waals surface area contributed by atoms with Crippen LogP contribution in [0.25, 0.3) is 0 Å². The van der Waals surface area contributed by atoms with Crippen LogP contribution in [0.2, 0.25) is 5.02 Å². The number of aromatic nitrogens is 1. The SMILES string of the molecule is O=C(O)c1cc(Cl)c(CCN2C(=O)SC=CN2CCC(O)Cc2cccc(C#Cc3ccccn3)c2)s1. The van der Waals surface area contributed by atoms with Gasteiger partial charge < -0.3 is 10.2 Å². The van der Waals surface area contributed by atoms with Crippen molar-refractivity contribution in [2.24, 2.45) is 0 Å². The summed E-state index contributed by atoms with van der Waals surface area (Å²) in [5.41, 5.74) is 2.52. The molecule has 0 spiro atoms. The third-order valence-electron chi connectivity index (χ3n) is 5.53. The molecule has 7 nitrogen and oxygen atoms in total. The zero-order valence-electron chi connectivity index (χ0n) is 19.7. The molecule has 0 bridgehead atoms. The summed E-state index contributed by atoms with van der Waals surface area (Å²) in [5, 5.41) is 25.2. The first-order chi connectivity index (χ1) is 17.9. The van der Waals surface area contributed by atoms with Gasteiger partial charge in [-0.25, -0.2) is 14.8 Å². The van der Waals surface area contributed by atoms with Gasteiger partial charge >= 0.3 is 11.2 Å². The third-order valence-corrected chi connectivity index (χ3v) is 7.83. The maximum atomic E-state index is 12.6. The van der Waals surface area contributed by atoms with Gasteiger partial charge in [-0.15, -0.1) is 11.3 Å². The first kappa shape index (κ1) is 26.8. The second kappa shape index (κ2) is 12.8. The van der Waals surface area contributed by atoms with Crippen LogP contribution in [-0.4, -0.2) is 55.6 Å². The number of carbonyl (C=O) groups is 2. The van der Waals surface area contributed by atoms with Crippen LogP contribution in [0.3, 0.4) is 0 Å². The van der Waals surface area contributed by atoms with Crippen LogP contribution in [0.1, 0.15) is 37.8 Å². The number of aliphatic hydroxyl groups is 1. The van der Waals surface area contributed by atoms with E-state index in [1.807, 2.05) is 48.7 Å². The van der Waals surface area contributed by atoms with E-state index in [-0.39, 0.29) is 10.1 Å². The summed E-state index contributed by atoms with van der Waals surface area (Å²) in [5.74, 6) is 5.13. The number of benzene rings is 1. The molecule has 0 fully saturated rings. The number of carbonyl (C=O) groups excluding carboxylic acids is 1. The number of aliphatic hydroxyl groups excluding tert-OH is 1. The Morgan fingerprint density at radius 3 is 2.76 bits per heavy atom. The number of thiophene rings is 1. The summed E-state index contributed by atoms with van der Waals surface area (Å²) in [6.07, 6.45) is 4.25. The van der Waals surface area contributed by atoms with Gasteiger partial charge in [0.15, 0.2) is 0 Å². The Balaban J connectivity index is 1.33. The maximum Gasteiger partial charge on any atom is 0.345 e. The van der Waals surface area contributed by atoms with E-state index < -0.39 is 12.1 Å². The summed E-state index contributed by atoms with van der Waals surface area (Å²) in [6.45, 7) is 0.796. The van der Waals surface area contributed by atoms with Crippen molar-refractivity contribution in [3.8, 4) is 11.8 Å². The number of rotatable bonds is 9. The summed E-state index contributed by atoms with van der Waals surface area (Å²) in [4.78, 5) is 28.9. The minimum atomic E-state index is -1.02. The van der Waals surface area contributed by atoms with Crippen molar-refractivity contribution in [3.63, 3.8) is 0 Å². The number of hydrazine groups is 1. The van der Waals surface area contributed by atoms with Crippen molar-refractivity contribution in [1.29, 1.82) is 0 Å². The molecule has 190 valence electrons. The number of aromatic carboxylic acids is 1. The highest BCUT2D eigenvalue weighted by Gasteiger charge is 2.24. The predicted molar refractivity (Wildman–Crippen MR) is 147 cm³/mol. The zero-order chi connectivity index (χ0) is 26.2. The van der Waals surface area contributed by atoms with Crippen LogP contribution in [-0.2, 0) is 12.8 Å². The highest BCUT2D eigenvalue weighted by Crippen LogP contribution is 2.29. The second-order valence-electron chi connectivity index (χ2n) is 8.20. The highest BCUT2D eigenvalue weighted by atomic mass is 35.5. The van der Waals surface area contributed by atoms with Gasteiger partial charge in [0.25, 0.3) is 0 Å². The minimum Gasteiger partial charge on any atom is -0.477 e. The van der Waals surface area contributed by atoms with E-state index in [4.69, 9.17) is 11.6 Å². The lowest BCUT2D eigenvalue weighted by Gasteiger charge is -2.36. The average Bonchev–Trinajstić information content (AvgIpc) is 3.27. The van der Waals surface area contributed by atoms with Gasteiger partial charge in [-0.1, -0.05) is 35.7 Å². The van der Waals surface area contributed by atoms with Crippen LogP contribution in [0.5, 0.6) is 0 Å². The fourth-order valence-electron chi connectivity index (χ4n) is 3.71. The molecule has 1 atom stereocenters. The highest BCUT2D eigenvalue weighted by molar-refractivity contribution is 8.16. The largest absolute Gasteiger partial charge is 0.477 e. The van der Waals surface area contributed by atoms with Gasteiger partial charge in [0.2, 0.25) is 0 Å². The van der Waals surface area contributed by atoms with E-state index >= 15 is 0 Å². The molecule has 1 aromatic carbocycles. The molecule has 10 heteroatoms. The number of carboxylic acid groups (broad SMARTS) is 1. The first-order valence-corrected chi connectivity index (χ1v) is 13.6. The molecule has 4 rings (SSSR count). The zero-order valence-corrected chi connectivity index (χ0v) is 22.1. The normalized spacial score (nSPS) is 13.8. The van der Waals surface area contributed by atoms with E-state index in [1.165, 1.54) is 6.07 Å². The van der Waals surface area contributed by atoms with Crippen LogP contribution in [0.15, 0.2) is 66.3 Å². The molecule has 37 heavy (non-hydrogen) atoms. The predicted octanol–water partition coefficient (Wildman–Crippen LogP) is 5.29. The molecule has 0 aliphatic carbocycles. The monoisotopic (exact) mass is 553 g/mol. The molecule has 1 aliphatic heterocycles. The van der Waals surface area contributed by atoms with Crippen molar-refractivity contribution < 1.29 is 19.8 Å². The number of hydrogen-bond donors (Lipinski definition) is 2. The number of hydrogen-bond acceptors (Lipinski definition) is 7. The lowest BCUT2D eigenvalue weighted by atomic mass is 10.0. The summed E-state index contributed by atoms with van der Waals surface area (Å²) >= 11 is 8.39. The number of pyridine rings is 1. The Labute approximate surface area is 228 Å². The number of halogens is 1. The quantitative estimate of drug-likeness (QED) is 0.348. The van der Waals surface area contributed by atoms with Gasteiger partial charge in [0.05, 0.1) is 11.1 Å². The first-order valence-electron chi connectivity index (χ1n) is 11.5. The number of thioether (sulfide) groups is 1. The van der Waals surface area contributed by atoms with Crippen molar-refractivity contribution in [2.45, 2.75) is 25.4 Å². The number of amides is 1. The Hall–Kier alpha value is -3.29. The summed E-state index contributed by atoms with van der Waals surface area (Å²) < 4.78 is 0. The molecule has 0 saturated carbocycles. The topological polar surface area (TPSA) is 94.0 Å². The van der Waals surface area contributed by atoms with Gasteiger partial charge in [0.1, 0.15) is 10.6 Å². The Morgan fingerprint density at radius 2 is 2.00 bits per heavy atom. The molecule has 3 heterocycles. The maximum absolute atomic E-state index is 12.6. The fourth-order valence-corrected chi connectivity index (χ4v) is 5.61. The van der Waals surface area contributed by atoms with Gasteiger partial charge in [-0.2, -0.15) is 0 Å². The third kappa shape index (κ3) is 7.60. The molecule has 2 N–H and O–H groups in total. The van der Waals surface area contributed by atoms with Crippen LogP contribution < -0.4 is 0 Å². The van der Waals surface area contributed by atoms with Crippen LogP contribution in [0, 0.1) is 11.8 Å².